The van der Waals surface area contributed by atoms with Crippen molar-refractivity contribution in [3.8, 4) is 0 Å². The molecule has 0 saturated carbocycles. The maximum atomic E-state index is 13.6. The first-order valence-corrected chi connectivity index (χ1v) is 12.1. The highest BCUT2D eigenvalue weighted by molar-refractivity contribution is 6.08. The van der Waals surface area contributed by atoms with E-state index < -0.39 is 65.4 Å². The SMILES string of the molecule is CC(=O)O[C@@H]1/C=C\C(C)=C/C(NC(=O)[C@@H](C)O)[C@]2(C)C(=O)O[C@H](C[C@H](O)/C=C\C(C)=C/C1)C(C)C2=O. The van der Waals surface area contributed by atoms with Crippen LogP contribution in [-0.2, 0) is 28.7 Å². The van der Waals surface area contributed by atoms with Crippen LogP contribution in [0.15, 0.2) is 47.6 Å². The van der Waals surface area contributed by atoms with Gasteiger partial charge in [0.25, 0.3) is 0 Å². The number of allylic oxidation sites excluding steroid dienone is 4. The van der Waals surface area contributed by atoms with Gasteiger partial charge in [-0.15, -0.1) is 0 Å². The molecule has 2 unspecified atom stereocenters. The van der Waals surface area contributed by atoms with Crippen LogP contribution in [-0.4, -0.2) is 64.3 Å². The van der Waals surface area contributed by atoms with Crippen LogP contribution in [0.25, 0.3) is 0 Å². The second kappa shape index (κ2) is 12.3. The second-order valence-corrected chi connectivity index (χ2v) is 9.72. The first-order chi connectivity index (χ1) is 16.7. The van der Waals surface area contributed by atoms with E-state index in [2.05, 4.69) is 5.32 Å². The molecule has 36 heavy (non-hydrogen) atoms. The van der Waals surface area contributed by atoms with Gasteiger partial charge in [-0.25, -0.2) is 0 Å². The lowest BCUT2D eigenvalue weighted by atomic mass is 9.69. The van der Waals surface area contributed by atoms with Crippen LogP contribution in [0.4, 0.5) is 0 Å². The predicted molar refractivity (Wildman–Crippen MR) is 132 cm³/mol. The summed E-state index contributed by atoms with van der Waals surface area (Å²) in [6.45, 7) is 9.17. The molecule has 2 heterocycles. The number of hydrogen-bond donors (Lipinski definition) is 3. The number of carbonyl (C=O) groups excluding carboxylic acids is 4. The fourth-order valence-corrected chi connectivity index (χ4v) is 4.17. The Morgan fingerprint density at radius 2 is 1.83 bits per heavy atom. The van der Waals surface area contributed by atoms with Crippen LogP contribution in [0.5, 0.6) is 0 Å². The number of ether oxygens (including phenoxy) is 2. The normalized spacial score (nSPS) is 37.3. The number of fused-ring (bicyclic) bond motifs is 10. The molecule has 2 bridgehead atoms. The summed E-state index contributed by atoms with van der Waals surface area (Å²) in [5.41, 5.74) is -0.355. The lowest BCUT2D eigenvalue weighted by Gasteiger charge is -2.42. The van der Waals surface area contributed by atoms with Gasteiger partial charge in [-0.2, -0.15) is 0 Å². The minimum atomic E-state index is -1.77. The monoisotopic (exact) mass is 503 g/mol. The van der Waals surface area contributed by atoms with Crippen LogP contribution in [0.1, 0.15) is 54.4 Å². The molecular formula is C27H37NO8. The van der Waals surface area contributed by atoms with Crippen molar-refractivity contribution in [2.24, 2.45) is 11.3 Å². The number of nitrogens with one attached hydrogen (secondary N) is 1. The summed E-state index contributed by atoms with van der Waals surface area (Å²) in [5, 5.41) is 22.8. The van der Waals surface area contributed by atoms with Crippen molar-refractivity contribution in [1.82, 2.24) is 5.32 Å². The fourth-order valence-electron chi connectivity index (χ4n) is 4.17. The average molecular weight is 504 g/mol. The van der Waals surface area contributed by atoms with Crippen molar-refractivity contribution in [2.75, 3.05) is 0 Å². The van der Waals surface area contributed by atoms with Crippen molar-refractivity contribution in [3.05, 3.63) is 47.6 Å². The van der Waals surface area contributed by atoms with Gasteiger partial charge in [0.2, 0.25) is 5.91 Å². The summed E-state index contributed by atoms with van der Waals surface area (Å²) in [7, 11) is 0. The number of esters is 2. The largest absolute Gasteiger partial charge is 0.461 e. The van der Waals surface area contributed by atoms with Crippen LogP contribution in [0.2, 0.25) is 0 Å². The maximum absolute atomic E-state index is 13.6. The Morgan fingerprint density at radius 1 is 1.19 bits per heavy atom. The first-order valence-electron chi connectivity index (χ1n) is 12.1. The topological polar surface area (TPSA) is 139 Å². The first kappa shape index (κ1) is 29.2. The molecule has 1 amide bonds. The van der Waals surface area contributed by atoms with E-state index in [4.69, 9.17) is 9.47 Å². The Bertz CT molecular complexity index is 992. The van der Waals surface area contributed by atoms with Gasteiger partial charge in [0.15, 0.2) is 5.78 Å². The summed E-state index contributed by atoms with van der Waals surface area (Å²) >= 11 is 0. The molecule has 3 aliphatic rings. The van der Waals surface area contributed by atoms with E-state index in [-0.39, 0.29) is 6.42 Å². The van der Waals surface area contributed by atoms with Gasteiger partial charge in [0, 0.05) is 19.8 Å². The lowest BCUT2D eigenvalue weighted by molar-refractivity contribution is -0.181. The van der Waals surface area contributed by atoms with E-state index in [0.29, 0.717) is 12.0 Å². The standard InChI is InChI=1S/C27H37NO8/c1-15-7-10-20(31)14-22-17(3)24(32)27(6,26(34)36-22)23(28-25(33)18(4)29)13-16(2)9-12-21(11-8-15)35-19(5)30/h7-10,12-13,17-18,20-23,29,31H,11,14H2,1-6H3,(H,28,33)/b10-7-,12-9-,15-8-,16-13-/t17?,18-,20-,21+,22-,23?,27+/m1/s1. The summed E-state index contributed by atoms with van der Waals surface area (Å²) < 4.78 is 11.0. The molecule has 198 valence electrons. The highest BCUT2D eigenvalue weighted by Gasteiger charge is 2.56. The zero-order valence-electron chi connectivity index (χ0n) is 21.7. The minimum Gasteiger partial charge on any atom is -0.461 e. The molecule has 0 aromatic heterocycles. The number of aliphatic hydroxyl groups is 2. The second-order valence-electron chi connectivity index (χ2n) is 9.72. The molecule has 1 saturated heterocycles. The Morgan fingerprint density at radius 3 is 2.44 bits per heavy atom. The summed E-state index contributed by atoms with van der Waals surface area (Å²) in [4.78, 5) is 50.8. The third-order valence-corrected chi connectivity index (χ3v) is 6.51. The Hall–Kier alpha value is -3.04. The quantitative estimate of drug-likeness (QED) is 0.393. The van der Waals surface area contributed by atoms with Gasteiger partial charge in [-0.05, 0) is 33.8 Å². The molecule has 1 fully saturated rings. The van der Waals surface area contributed by atoms with Crippen molar-refractivity contribution in [3.63, 3.8) is 0 Å². The van der Waals surface area contributed by atoms with Crippen molar-refractivity contribution < 1.29 is 38.9 Å². The van der Waals surface area contributed by atoms with Crippen LogP contribution < -0.4 is 5.32 Å². The van der Waals surface area contributed by atoms with E-state index in [9.17, 15) is 29.4 Å². The number of rotatable bonds is 3. The number of Topliss-reactive ketones (excluding diaryl/α,β-unsaturated/α-hetero) is 1. The minimum absolute atomic E-state index is 0.0235. The number of ketones is 1. The van der Waals surface area contributed by atoms with Crippen molar-refractivity contribution in [2.45, 2.75) is 84.8 Å². The molecule has 2 aliphatic heterocycles. The van der Waals surface area contributed by atoms with Gasteiger partial charge in [0.1, 0.15) is 23.7 Å². The van der Waals surface area contributed by atoms with Crippen molar-refractivity contribution >= 4 is 23.6 Å². The number of aliphatic hydroxyl groups excluding tert-OH is 2. The van der Waals surface area contributed by atoms with E-state index in [1.807, 2.05) is 13.0 Å². The molecule has 9 heteroatoms. The third-order valence-electron chi connectivity index (χ3n) is 6.51. The van der Waals surface area contributed by atoms with Crippen LogP contribution >= 0.6 is 0 Å². The van der Waals surface area contributed by atoms with E-state index in [0.717, 1.165) is 5.57 Å². The molecule has 0 spiro atoms. The molecule has 7 atom stereocenters. The third kappa shape index (κ3) is 7.24. The lowest BCUT2D eigenvalue weighted by Crippen LogP contribution is -2.61. The van der Waals surface area contributed by atoms with Gasteiger partial charge in [0.05, 0.1) is 18.1 Å². The van der Waals surface area contributed by atoms with E-state index >= 15 is 0 Å². The maximum Gasteiger partial charge on any atom is 0.322 e. The van der Waals surface area contributed by atoms with E-state index in [1.165, 1.54) is 20.8 Å². The van der Waals surface area contributed by atoms with Gasteiger partial charge < -0.3 is 25.0 Å². The summed E-state index contributed by atoms with van der Waals surface area (Å²) in [6.07, 6.45) is 6.65. The number of hydrogen-bond acceptors (Lipinski definition) is 8. The molecule has 9 nitrogen and oxygen atoms in total. The van der Waals surface area contributed by atoms with Gasteiger partial charge in [-0.1, -0.05) is 48.5 Å². The molecule has 3 N–H and O–H groups in total. The highest BCUT2D eigenvalue weighted by atomic mass is 16.6. The number of amides is 1. The fraction of sp³-hybridized carbons (Fsp3) is 0.556. The van der Waals surface area contributed by atoms with Crippen LogP contribution in [0, 0.1) is 11.3 Å². The van der Waals surface area contributed by atoms with Crippen LogP contribution in [0.3, 0.4) is 0 Å². The van der Waals surface area contributed by atoms with Gasteiger partial charge >= 0.3 is 11.9 Å². The average Bonchev–Trinajstić information content (AvgIpc) is 2.80. The molecular weight excluding hydrogens is 466 g/mol. The number of carbonyl (C=O) groups is 4. The molecule has 3 rings (SSSR count). The zero-order chi connectivity index (χ0) is 27.2. The molecule has 0 aromatic rings. The predicted octanol–water partition coefficient (Wildman–Crippen LogP) is 2.08. The Labute approximate surface area is 211 Å². The molecule has 0 aromatic carbocycles. The highest BCUT2D eigenvalue weighted by Crippen LogP contribution is 2.38. The van der Waals surface area contributed by atoms with Gasteiger partial charge in [-0.3, -0.25) is 19.2 Å². The molecule has 0 radical (unpaired) electrons. The molecule has 1 aliphatic carbocycles. The van der Waals surface area contributed by atoms with Crippen molar-refractivity contribution in [1.29, 1.82) is 0 Å². The zero-order valence-corrected chi connectivity index (χ0v) is 21.7. The Kier molecular flexibility index (Phi) is 9.95. The smallest absolute Gasteiger partial charge is 0.322 e. The van der Waals surface area contributed by atoms with E-state index in [1.54, 1.807) is 44.2 Å². The summed E-state index contributed by atoms with van der Waals surface area (Å²) in [6, 6.07) is -1.12. The Balaban J connectivity index is 2.61. The summed E-state index contributed by atoms with van der Waals surface area (Å²) in [5.74, 6) is -3.22.